The molecule has 1 heterocycles. The van der Waals surface area contributed by atoms with Crippen molar-refractivity contribution in [3.63, 3.8) is 0 Å². The molecule has 0 amide bonds. The van der Waals surface area contributed by atoms with E-state index >= 15 is 0 Å². The second-order valence-electron chi connectivity index (χ2n) is 5.62. The Bertz CT molecular complexity index is 842. The minimum absolute atomic E-state index is 0.00176. The molecule has 0 aliphatic rings. The van der Waals surface area contributed by atoms with Crippen molar-refractivity contribution in [1.29, 1.82) is 0 Å². The first-order valence-corrected chi connectivity index (χ1v) is 10.0. The van der Waals surface area contributed by atoms with E-state index < -0.39 is 7.60 Å². The average Bonchev–Trinajstić information content (AvgIpc) is 2.68. The number of ether oxygens (including phenoxy) is 1. The van der Waals surface area contributed by atoms with Gasteiger partial charge in [0.2, 0.25) is 0 Å². The van der Waals surface area contributed by atoms with Crippen molar-refractivity contribution in [2.45, 2.75) is 33.6 Å². The highest BCUT2D eigenvalue weighted by atomic mass is 31.2. The van der Waals surface area contributed by atoms with Crippen LogP contribution in [0.1, 0.15) is 32.3 Å². The molecule has 27 heavy (non-hydrogen) atoms. The van der Waals surface area contributed by atoms with E-state index in [4.69, 9.17) is 13.9 Å². The summed E-state index contributed by atoms with van der Waals surface area (Å²) in [6.45, 7) is 5.49. The number of allylic oxidation sites excluding steroid dienone is 2. The zero-order valence-corrected chi connectivity index (χ0v) is 16.7. The van der Waals surface area contributed by atoms with Crippen molar-refractivity contribution >= 4 is 13.4 Å². The lowest BCUT2D eigenvalue weighted by Crippen LogP contribution is -2.08. The van der Waals surface area contributed by atoms with Gasteiger partial charge in [0.15, 0.2) is 17.3 Å². The van der Waals surface area contributed by atoms with Crippen LogP contribution >= 0.6 is 7.60 Å². The Balaban J connectivity index is 2.36. The van der Waals surface area contributed by atoms with Crippen LogP contribution in [0.25, 0.3) is 0 Å². The van der Waals surface area contributed by atoms with Crippen LogP contribution in [0.5, 0.6) is 17.2 Å². The number of methoxy groups -OCH3 is 1. The number of hydrogen-bond donors (Lipinski definition) is 2. The number of nitrogens with zero attached hydrogens (tertiary/aromatic N) is 2. The molecular weight excluding hydrogens is 369 g/mol. The number of phenols is 1. The molecule has 0 spiro atoms. The molecule has 0 fully saturated rings. The molecule has 0 aliphatic carbocycles. The molecule has 1 unspecified atom stereocenters. The van der Waals surface area contributed by atoms with Gasteiger partial charge >= 0.3 is 7.60 Å². The number of nitrogens with one attached hydrogen (secondary N) is 1. The molecule has 2 aromatic rings. The number of aryl methyl sites for hydroxylation is 1. The first kappa shape index (κ1) is 20.7. The maximum atomic E-state index is 13.5. The molecule has 0 aliphatic heterocycles. The molecule has 2 N–H and O–H groups in total. The molecule has 1 atom stereocenters. The molecule has 0 bridgehead atoms. The van der Waals surface area contributed by atoms with Crippen LogP contribution in [0.15, 0.2) is 42.1 Å². The third-order valence-corrected chi connectivity index (χ3v) is 5.66. The van der Waals surface area contributed by atoms with Gasteiger partial charge in [-0.25, -0.2) is 15.0 Å². The summed E-state index contributed by atoms with van der Waals surface area (Å²) in [4.78, 5) is 7.95. The van der Waals surface area contributed by atoms with Crippen molar-refractivity contribution in [2.24, 2.45) is 0 Å². The van der Waals surface area contributed by atoms with Crippen LogP contribution in [-0.2, 0) is 9.19 Å². The molecule has 9 heteroatoms. The zero-order chi connectivity index (χ0) is 19.9. The second-order valence-corrected chi connectivity index (χ2v) is 7.56. The minimum atomic E-state index is -3.75. The van der Waals surface area contributed by atoms with E-state index in [9.17, 15) is 9.67 Å². The van der Waals surface area contributed by atoms with Crippen molar-refractivity contribution in [3.8, 4) is 17.2 Å². The van der Waals surface area contributed by atoms with Crippen molar-refractivity contribution in [2.75, 3.05) is 12.6 Å². The third kappa shape index (κ3) is 5.21. The quantitative estimate of drug-likeness (QED) is 0.462. The van der Waals surface area contributed by atoms with Crippen molar-refractivity contribution in [3.05, 3.63) is 47.7 Å². The van der Waals surface area contributed by atoms with E-state index in [1.54, 1.807) is 13.0 Å². The molecule has 0 saturated heterocycles. The normalized spacial score (nSPS) is 13.7. The minimum Gasteiger partial charge on any atom is -0.504 e. The highest BCUT2D eigenvalue weighted by molar-refractivity contribution is 7.58. The second kappa shape index (κ2) is 9.39. The first-order chi connectivity index (χ1) is 12.9. The van der Waals surface area contributed by atoms with Gasteiger partial charge in [-0.2, -0.15) is 4.62 Å². The Labute approximate surface area is 158 Å². The molecule has 146 valence electrons. The van der Waals surface area contributed by atoms with Crippen molar-refractivity contribution < 1.29 is 23.6 Å². The van der Waals surface area contributed by atoms with E-state index in [0.29, 0.717) is 29.5 Å². The van der Waals surface area contributed by atoms with Crippen LogP contribution in [-0.4, -0.2) is 22.2 Å². The summed E-state index contributed by atoms with van der Waals surface area (Å²) < 4.78 is 29.9. The topological polar surface area (TPSA) is 103 Å². The van der Waals surface area contributed by atoms with Crippen LogP contribution in [0, 0.1) is 6.92 Å². The van der Waals surface area contributed by atoms with Crippen LogP contribution in [0.3, 0.4) is 0 Å². The number of hydrogen-bond acceptors (Lipinski definition) is 8. The standard InChI is InChI=1S/C18H24N3O5P/c1-5-7-15(6-2)27(23,26-21-17-12-19-8-9-20-17)25-14-10-13(3)18(22)16(11-14)24-4/h7-12,22H,5-6H2,1-4H3,(H,20,21)/b15-7-. The van der Waals surface area contributed by atoms with Crippen LogP contribution < -0.4 is 14.7 Å². The summed E-state index contributed by atoms with van der Waals surface area (Å²) in [6.07, 6.45) is 7.39. The van der Waals surface area contributed by atoms with Gasteiger partial charge in [0, 0.05) is 18.5 Å². The van der Waals surface area contributed by atoms with Crippen molar-refractivity contribution in [1.82, 2.24) is 9.97 Å². The Morgan fingerprint density at radius 1 is 1.33 bits per heavy atom. The summed E-state index contributed by atoms with van der Waals surface area (Å²) in [7, 11) is -2.32. The average molecular weight is 393 g/mol. The fourth-order valence-corrected chi connectivity index (χ4v) is 4.00. The predicted molar refractivity (Wildman–Crippen MR) is 103 cm³/mol. The number of aromatic nitrogens is 2. The predicted octanol–water partition coefficient (Wildman–Crippen LogP) is 4.82. The highest BCUT2D eigenvalue weighted by Crippen LogP contribution is 2.57. The van der Waals surface area contributed by atoms with Gasteiger partial charge in [-0.05, 0) is 31.4 Å². The molecule has 0 radical (unpaired) electrons. The molecule has 8 nitrogen and oxygen atoms in total. The summed E-state index contributed by atoms with van der Waals surface area (Å²) >= 11 is 0. The molecule has 0 saturated carbocycles. The van der Waals surface area contributed by atoms with Gasteiger partial charge in [-0.1, -0.05) is 19.9 Å². The lowest BCUT2D eigenvalue weighted by Gasteiger charge is -2.22. The fraction of sp³-hybridized carbons (Fsp3) is 0.333. The van der Waals surface area contributed by atoms with Gasteiger partial charge < -0.3 is 14.4 Å². The SMILES string of the molecule is CC/C=C(/CC)P(=O)(ONc1cnccn1)Oc1cc(C)c(O)c(OC)c1. The monoisotopic (exact) mass is 393 g/mol. The largest absolute Gasteiger partial charge is 0.504 e. The number of anilines is 1. The Morgan fingerprint density at radius 3 is 2.70 bits per heavy atom. The number of rotatable bonds is 9. The van der Waals surface area contributed by atoms with Gasteiger partial charge in [0.05, 0.1) is 18.6 Å². The van der Waals surface area contributed by atoms with E-state index in [2.05, 4.69) is 15.4 Å². The Morgan fingerprint density at radius 2 is 2.11 bits per heavy atom. The maximum Gasteiger partial charge on any atom is 0.427 e. The summed E-state index contributed by atoms with van der Waals surface area (Å²) in [5, 5.41) is 10.5. The van der Waals surface area contributed by atoms with Crippen LogP contribution in [0.4, 0.5) is 5.82 Å². The summed E-state index contributed by atoms with van der Waals surface area (Å²) in [6, 6.07) is 3.02. The zero-order valence-electron chi connectivity index (χ0n) is 15.8. The third-order valence-electron chi connectivity index (χ3n) is 3.67. The molecular formula is C18H24N3O5P. The van der Waals surface area contributed by atoms with Gasteiger partial charge in [-0.15, -0.1) is 0 Å². The highest BCUT2D eigenvalue weighted by Gasteiger charge is 2.32. The first-order valence-electron chi connectivity index (χ1n) is 8.51. The van der Waals surface area contributed by atoms with E-state index in [0.717, 1.165) is 0 Å². The lowest BCUT2D eigenvalue weighted by molar-refractivity contribution is 0.320. The van der Waals surface area contributed by atoms with E-state index in [1.807, 2.05) is 19.9 Å². The number of benzene rings is 1. The Hall–Kier alpha value is -2.57. The Kier molecular flexibility index (Phi) is 7.21. The smallest absolute Gasteiger partial charge is 0.427 e. The van der Waals surface area contributed by atoms with Gasteiger partial charge in [-0.3, -0.25) is 4.98 Å². The van der Waals surface area contributed by atoms with Gasteiger partial charge in [0.25, 0.3) is 0 Å². The van der Waals surface area contributed by atoms with E-state index in [1.165, 1.54) is 31.8 Å². The molecule has 2 rings (SSSR count). The number of aromatic hydroxyl groups is 1. The molecule has 1 aromatic heterocycles. The number of phenolic OH excluding ortho intramolecular Hbond substituents is 1. The maximum absolute atomic E-state index is 13.5. The van der Waals surface area contributed by atoms with E-state index in [-0.39, 0.29) is 17.2 Å². The lowest BCUT2D eigenvalue weighted by atomic mass is 10.2. The molecule has 1 aromatic carbocycles. The summed E-state index contributed by atoms with van der Waals surface area (Å²) in [5.74, 6) is 0.767. The van der Waals surface area contributed by atoms with Gasteiger partial charge in [0.1, 0.15) is 5.75 Å². The fourth-order valence-electron chi connectivity index (χ4n) is 2.34. The summed E-state index contributed by atoms with van der Waals surface area (Å²) in [5.41, 5.74) is 3.07. The van der Waals surface area contributed by atoms with Crippen LogP contribution in [0.2, 0.25) is 0 Å².